The zero-order chi connectivity index (χ0) is 11.5. The molecule has 3 nitrogen and oxygen atoms in total. The van der Waals surface area contributed by atoms with E-state index in [0.29, 0.717) is 35.5 Å². The summed E-state index contributed by atoms with van der Waals surface area (Å²) < 4.78 is 5.22. The van der Waals surface area contributed by atoms with Crippen molar-refractivity contribution in [1.29, 1.82) is 0 Å². The van der Waals surface area contributed by atoms with Crippen molar-refractivity contribution in [2.75, 3.05) is 19.9 Å². The molecule has 86 valence electrons. The zero-order valence-electron chi connectivity index (χ0n) is 8.58. The molecule has 0 bridgehead atoms. The molecule has 0 atom stereocenters. The lowest BCUT2D eigenvalue weighted by Crippen LogP contribution is -2.38. The number of carbonyl (C=O) groups is 1. The molecule has 0 aliphatic carbocycles. The molecule has 0 saturated carbocycles. The lowest BCUT2D eigenvalue weighted by atomic mass is 10.2. The average molecular weight is 260 g/mol. The molecule has 0 radical (unpaired) electrons. The molecular weight excluding hydrogens is 249 g/mol. The molecule has 0 spiro atoms. The first-order valence-electron chi connectivity index (χ1n) is 5.00. The van der Waals surface area contributed by atoms with Crippen LogP contribution in [0.25, 0.3) is 0 Å². The van der Waals surface area contributed by atoms with Gasteiger partial charge in [0.15, 0.2) is 0 Å². The number of hydrogen-bond donors (Lipinski definition) is 0. The van der Waals surface area contributed by atoms with Crippen LogP contribution in [0.5, 0.6) is 0 Å². The van der Waals surface area contributed by atoms with Crippen molar-refractivity contribution in [3.8, 4) is 0 Å². The summed E-state index contributed by atoms with van der Waals surface area (Å²) in [6, 6.07) is 4.87. The fourth-order valence-electron chi connectivity index (χ4n) is 1.59. The lowest BCUT2D eigenvalue weighted by molar-refractivity contribution is -0.00570. The van der Waals surface area contributed by atoms with Gasteiger partial charge in [-0.3, -0.25) is 4.79 Å². The smallest absolute Gasteiger partial charge is 0.257 e. The molecule has 1 saturated heterocycles. The molecule has 1 aliphatic heterocycles. The van der Waals surface area contributed by atoms with Crippen LogP contribution in [0.1, 0.15) is 16.8 Å². The van der Waals surface area contributed by atoms with Gasteiger partial charge in [0.25, 0.3) is 5.91 Å². The van der Waals surface area contributed by atoms with Crippen molar-refractivity contribution >= 4 is 29.1 Å². The Balaban J connectivity index is 2.19. The third-order valence-electron chi connectivity index (χ3n) is 2.41. The van der Waals surface area contributed by atoms with Crippen molar-refractivity contribution < 1.29 is 9.53 Å². The summed E-state index contributed by atoms with van der Waals surface area (Å²) in [5.74, 6) is -0.110. The number of hydrogen-bond acceptors (Lipinski definition) is 2. The van der Waals surface area contributed by atoms with E-state index >= 15 is 0 Å². The van der Waals surface area contributed by atoms with Crippen LogP contribution in [0, 0.1) is 0 Å². The van der Waals surface area contributed by atoms with Crippen LogP contribution >= 0.6 is 23.2 Å². The van der Waals surface area contributed by atoms with E-state index in [9.17, 15) is 4.79 Å². The maximum absolute atomic E-state index is 12.1. The van der Waals surface area contributed by atoms with Crippen LogP contribution in [0.3, 0.4) is 0 Å². The number of carbonyl (C=O) groups excluding carboxylic acids is 1. The Morgan fingerprint density at radius 3 is 2.81 bits per heavy atom. The highest BCUT2D eigenvalue weighted by Gasteiger charge is 2.20. The van der Waals surface area contributed by atoms with Crippen molar-refractivity contribution in [3.05, 3.63) is 33.8 Å². The highest BCUT2D eigenvalue weighted by Crippen LogP contribution is 2.22. The van der Waals surface area contributed by atoms with Gasteiger partial charge in [0, 0.05) is 11.6 Å². The second-order valence-electron chi connectivity index (χ2n) is 3.58. The van der Waals surface area contributed by atoms with Gasteiger partial charge in [-0.15, -0.1) is 0 Å². The van der Waals surface area contributed by atoms with E-state index in [4.69, 9.17) is 27.9 Å². The van der Waals surface area contributed by atoms with E-state index < -0.39 is 0 Å². The Morgan fingerprint density at radius 2 is 2.19 bits per heavy atom. The fraction of sp³-hybridized carbons (Fsp3) is 0.364. The quantitative estimate of drug-likeness (QED) is 0.777. The molecule has 0 aromatic heterocycles. The molecular formula is C11H11Cl2NO2. The lowest BCUT2D eigenvalue weighted by Gasteiger charge is -2.27. The normalized spacial score (nSPS) is 16.2. The third-order valence-corrected chi connectivity index (χ3v) is 2.96. The van der Waals surface area contributed by atoms with E-state index in [1.165, 1.54) is 0 Å². The average Bonchev–Trinajstić information content (AvgIpc) is 2.29. The van der Waals surface area contributed by atoms with Gasteiger partial charge in [0.05, 0.1) is 17.2 Å². The molecule has 1 fully saturated rings. The summed E-state index contributed by atoms with van der Waals surface area (Å²) >= 11 is 11.7. The van der Waals surface area contributed by atoms with E-state index in [1.807, 2.05) is 0 Å². The first kappa shape index (κ1) is 11.7. The molecule has 1 aliphatic rings. The van der Waals surface area contributed by atoms with Crippen molar-refractivity contribution in [3.63, 3.8) is 0 Å². The number of halogens is 2. The second-order valence-corrected chi connectivity index (χ2v) is 4.43. The van der Waals surface area contributed by atoms with Crippen molar-refractivity contribution in [2.24, 2.45) is 0 Å². The summed E-state index contributed by atoms with van der Waals surface area (Å²) in [4.78, 5) is 13.7. The first-order valence-corrected chi connectivity index (χ1v) is 5.76. The second kappa shape index (κ2) is 5.04. The first-order chi connectivity index (χ1) is 7.68. The van der Waals surface area contributed by atoms with Gasteiger partial charge in [0.1, 0.15) is 6.73 Å². The molecule has 1 heterocycles. The summed E-state index contributed by atoms with van der Waals surface area (Å²) in [5.41, 5.74) is 0.469. The van der Waals surface area contributed by atoms with Crippen molar-refractivity contribution in [2.45, 2.75) is 6.42 Å². The maximum atomic E-state index is 12.1. The fourth-order valence-corrected chi connectivity index (χ4v) is 2.08. The minimum atomic E-state index is -0.110. The van der Waals surface area contributed by atoms with Crippen LogP contribution in [0.15, 0.2) is 18.2 Å². The van der Waals surface area contributed by atoms with Gasteiger partial charge in [-0.1, -0.05) is 23.2 Å². The Bertz CT molecular complexity index is 403. The van der Waals surface area contributed by atoms with Gasteiger partial charge in [-0.2, -0.15) is 0 Å². The third kappa shape index (κ3) is 2.48. The maximum Gasteiger partial charge on any atom is 0.257 e. The number of amides is 1. The molecule has 2 rings (SSSR count). The summed E-state index contributed by atoms with van der Waals surface area (Å²) in [6.45, 7) is 1.74. The molecule has 0 unspecified atom stereocenters. The molecule has 5 heteroatoms. The SMILES string of the molecule is O=C(c1ccc(Cl)cc1Cl)N1CCCOC1. The Hall–Kier alpha value is -0.770. The standard InChI is InChI=1S/C11H11Cl2NO2/c12-8-2-3-9(10(13)6-8)11(15)14-4-1-5-16-7-14/h2-3,6H,1,4-5,7H2. The number of benzene rings is 1. The van der Waals surface area contributed by atoms with Crippen molar-refractivity contribution in [1.82, 2.24) is 4.90 Å². The predicted octanol–water partition coefficient (Wildman–Crippen LogP) is 2.81. The highest BCUT2D eigenvalue weighted by atomic mass is 35.5. The summed E-state index contributed by atoms with van der Waals surface area (Å²) in [6.07, 6.45) is 0.858. The Morgan fingerprint density at radius 1 is 1.38 bits per heavy atom. The molecule has 1 amide bonds. The van der Waals surface area contributed by atoms with Crippen LogP contribution in [0.4, 0.5) is 0 Å². The number of rotatable bonds is 1. The van der Waals surface area contributed by atoms with E-state index in [0.717, 1.165) is 6.42 Å². The minimum Gasteiger partial charge on any atom is -0.361 e. The highest BCUT2D eigenvalue weighted by molar-refractivity contribution is 6.36. The van der Waals surface area contributed by atoms with E-state index in [-0.39, 0.29) is 5.91 Å². The van der Waals surface area contributed by atoms with Crippen LogP contribution in [0.2, 0.25) is 10.0 Å². The number of nitrogens with zero attached hydrogens (tertiary/aromatic N) is 1. The van der Waals surface area contributed by atoms with Gasteiger partial charge >= 0.3 is 0 Å². The summed E-state index contributed by atoms with van der Waals surface area (Å²) in [7, 11) is 0. The van der Waals surface area contributed by atoms with E-state index in [2.05, 4.69) is 0 Å². The Labute approximate surface area is 104 Å². The van der Waals surface area contributed by atoms with Crippen LogP contribution in [-0.4, -0.2) is 30.7 Å². The largest absolute Gasteiger partial charge is 0.361 e. The van der Waals surface area contributed by atoms with Crippen LogP contribution < -0.4 is 0 Å². The van der Waals surface area contributed by atoms with Gasteiger partial charge < -0.3 is 9.64 Å². The monoisotopic (exact) mass is 259 g/mol. The molecule has 0 N–H and O–H groups in total. The molecule has 1 aromatic rings. The molecule has 16 heavy (non-hydrogen) atoms. The van der Waals surface area contributed by atoms with Crippen LogP contribution in [-0.2, 0) is 4.74 Å². The van der Waals surface area contributed by atoms with Gasteiger partial charge in [0.2, 0.25) is 0 Å². The number of ether oxygens (including phenoxy) is 1. The van der Waals surface area contributed by atoms with Gasteiger partial charge in [-0.05, 0) is 24.6 Å². The minimum absolute atomic E-state index is 0.110. The zero-order valence-corrected chi connectivity index (χ0v) is 10.1. The van der Waals surface area contributed by atoms with Gasteiger partial charge in [-0.25, -0.2) is 0 Å². The summed E-state index contributed by atoms with van der Waals surface area (Å²) in [5, 5.41) is 0.902. The topological polar surface area (TPSA) is 29.5 Å². The Kier molecular flexibility index (Phi) is 3.69. The molecule has 1 aromatic carbocycles. The predicted molar refractivity (Wildman–Crippen MR) is 62.9 cm³/mol. The van der Waals surface area contributed by atoms with E-state index in [1.54, 1.807) is 23.1 Å².